The molecule has 0 saturated heterocycles. The van der Waals surface area contributed by atoms with Gasteiger partial charge in [-0.15, -0.1) is 0 Å². The summed E-state index contributed by atoms with van der Waals surface area (Å²) >= 11 is 11.5. The summed E-state index contributed by atoms with van der Waals surface area (Å²) < 4.78 is 13.5. The van der Waals surface area contributed by atoms with Gasteiger partial charge in [0, 0.05) is 12.0 Å². The summed E-state index contributed by atoms with van der Waals surface area (Å²) in [6, 6.07) is 3.22. The van der Waals surface area contributed by atoms with Crippen LogP contribution in [0.4, 0.5) is 10.1 Å². The minimum atomic E-state index is -0.637. The molecule has 0 aliphatic heterocycles. The van der Waals surface area contributed by atoms with E-state index in [1.807, 2.05) is 27.7 Å². The number of halogens is 3. The van der Waals surface area contributed by atoms with Gasteiger partial charge in [-0.25, -0.2) is 4.39 Å². The lowest BCUT2D eigenvalue weighted by Gasteiger charge is -2.17. The molecule has 0 heterocycles. The smallest absolute Gasteiger partial charge is 0.162 e. The van der Waals surface area contributed by atoms with Crippen molar-refractivity contribution in [2.45, 2.75) is 33.7 Å². The van der Waals surface area contributed by atoms with E-state index >= 15 is 0 Å². The molecule has 1 aromatic rings. The van der Waals surface area contributed by atoms with Crippen molar-refractivity contribution >= 4 is 34.7 Å². The molecule has 1 rings (SSSR count). The predicted octanol–water partition coefficient (Wildman–Crippen LogP) is 4.51. The molecule has 0 saturated carbocycles. The number of benzene rings is 1. The largest absolute Gasteiger partial charge is 0.298 e. The van der Waals surface area contributed by atoms with Gasteiger partial charge < -0.3 is 0 Å². The minimum absolute atomic E-state index is 0.00418. The van der Waals surface area contributed by atoms with E-state index in [2.05, 4.69) is 15.8 Å². The van der Waals surface area contributed by atoms with E-state index in [0.29, 0.717) is 5.69 Å². The molecule has 0 bridgehead atoms. The maximum Gasteiger partial charge on any atom is 0.162 e. The summed E-state index contributed by atoms with van der Waals surface area (Å²) in [5.41, 5.74) is 6.23. The Labute approximate surface area is 123 Å². The molecule has 1 aromatic carbocycles. The molecule has 19 heavy (non-hydrogen) atoms. The van der Waals surface area contributed by atoms with Crippen molar-refractivity contribution in [1.29, 1.82) is 0 Å². The molecule has 0 aliphatic carbocycles. The van der Waals surface area contributed by atoms with Crippen LogP contribution in [0.5, 0.6) is 0 Å². The van der Waals surface area contributed by atoms with Crippen LogP contribution in [-0.4, -0.2) is 11.9 Å². The Balaban J connectivity index is 2.84. The molecule has 106 valence electrons. The highest BCUT2D eigenvalue weighted by molar-refractivity contribution is 6.36. The third-order valence-corrected chi connectivity index (χ3v) is 2.97. The maximum atomic E-state index is 13.5. The highest BCUT2D eigenvalue weighted by Crippen LogP contribution is 2.29. The average Bonchev–Trinajstić information content (AvgIpc) is 2.33. The summed E-state index contributed by atoms with van der Waals surface area (Å²) in [6.45, 7) is 8.00. The second-order valence-electron chi connectivity index (χ2n) is 4.74. The number of hydrazine groups is 1. The maximum absolute atomic E-state index is 13.5. The van der Waals surface area contributed by atoms with Crippen molar-refractivity contribution in [2.75, 3.05) is 5.43 Å². The quantitative estimate of drug-likeness (QED) is 0.371. The third-order valence-electron chi connectivity index (χ3n) is 2.30. The molecule has 0 unspecified atom stereocenters. The van der Waals surface area contributed by atoms with E-state index < -0.39 is 5.82 Å². The summed E-state index contributed by atoms with van der Waals surface area (Å²) in [5, 5.41) is -0.0527. The van der Waals surface area contributed by atoms with Gasteiger partial charge in [0.1, 0.15) is 10.9 Å². The van der Waals surface area contributed by atoms with E-state index in [9.17, 15) is 4.39 Å². The number of nitrogens with one attached hydrogen (secondary N) is 2. The summed E-state index contributed by atoms with van der Waals surface area (Å²) in [4.78, 5) is 4.44. The zero-order chi connectivity index (χ0) is 14.6. The summed E-state index contributed by atoms with van der Waals surface area (Å²) in [6.07, 6.45) is 0. The highest BCUT2D eigenvalue weighted by atomic mass is 35.5. The first kappa shape index (κ1) is 16.1. The van der Waals surface area contributed by atoms with Crippen LogP contribution in [-0.2, 0) is 0 Å². The molecule has 0 spiro atoms. The first-order valence-corrected chi connectivity index (χ1v) is 6.81. The standard InChI is InChI=1S/C13H18Cl2FN3/c1-7(2)13(17-8(3)4)19-18-10-6-5-9(14)12(16)11(10)15/h5-8,18H,1-4H3,(H,17,19). The zero-order valence-corrected chi connectivity index (χ0v) is 12.9. The highest BCUT2D eigenvalue weighted by Gasteiger charge is 2.11. The number of nitrogens with zero attached hydrogens (tertiary/aromatic N) is 1. The van der Waals surface area contributed by atoms with Gasteiger partial charge in [-0.1, -0.05) is 37.0 Å². The average molecular weight is 306 g/mol. The van der Waals surface area contributed by atoms with Gasteiger partial charge in [0.25, 0.3) is 0 Å². The van der Waals surface area contributed by atoms with Gasteiger partial charge in [0.15, 0.2) is 5.82 Å². The monoisotopic (exact) mass is 305 g/mol. The fourth-order valence-corrected chi connectivity index (χ4v) is 1.78. The fourth-order valence-electron chi connectivity index (χ4n) is 1.36. The lowest BCUT2D eigenvalue weighted by Crippen LogP contribution is -2.34. The Morgan fingerprint density at radius 2 is 1.84 bits per heavy atom. The number of rotatable bonds is 4. The van der Waals surface area contributed by atoms with Crippen molar-refractivity contribution in [2.24, 2.45) is 10.9 Å². The number of hydrogen-bond donors (Lipinski definition) is 2. The molecule has 0 radical (unpaired) electrons. The number of hydrogen-bond acceptors (Lipinski definition) is 2. The normalized spacial score (nSPS) is 12.2. The van der Waals surface area contributed by atoms with Crippen LogP contribution in [0.1, 0.15) is 27.7 Å². The molecular weight excluding hydrogens is 288 g/mol. The lowest BCUT2D eigenvalue weighted by molar-refractivity contribution is 0.629. The third kappa shape index (κ3) is 4.55. The van der Waals surface area contributed by atoms with Crippen molar-refractivity contribution < 1.29 is 4.39 Å². The van der Waals surface area contributed by atoms with Gasteiger partial charge in [-0.3, -0.25) is 15.8 Å². The second kappa shape index (κ2) is 6.96. The first-order chi connectivity index (χ1) is 8.82. The molecule has 2 N–H and O–H groups in total. The van der Waals surface area contributed by atoms with Crippen molar-refractivity contribution in [3.63, 3.8) is 0 Å². The molecule has 0 atom stereocenters. The topological polar surface area (TPSA) is 36.4 Å². The SMILES string of the molecule is CC(C)N=C(NNc1ccc(Cl)c(F)c1Cl)C(C)C. The molecular formula is C13H18Cl2FN3. The summed E-state index contributed by atoms with van der Waals surface area (Å²) in [5.74, 6) is 0.356. The lowest BCUT2D eigenvalue weighted by atomic mass is 10.2. The second-order valence-corrected chi connectivity index (χ2v) is 5.52. The van der Waals surface area contributed by atoms with Gasteiger partial charge in [-0.2, -0.15) is 0 Å². The molecule has 0 aromatic heterocycles. The molecule has 0 amide bonds. The van der Waals surface area contributed by atoms with Gasteiger partial charge in [0.05, 0.1) is 10.7 Å². The van der Waals surface area contributed by atoms with Crippen LogP contribution >= 0.6 is 23.2 Å². The zero-order valence-electron chi connectivity index (χ0n) is 11.4. The molecule has 3 nitrogen and oxygen atoms in total. The van der Waals surface area contributed by atoms with E-state index in [4.69, 9.17) is 23.2 Å². The van der Waals surface area contributed by atoms with Crippen molar-refractivity contribution in [3.8, 4) is 0 Å². The van der Waals surface area contributed by atoms with Gasteiger partial charge in [0.2, 0.25) is 0 Å². The Hall–Kier alpha value is -1.00. The van der Waals surface area contributed by atoms with Gasteiger partial charge >= 0.3 is 0 Å². The van der Waals surface area contributed by atoms with Crippen LogP contribution in [0.3, 0.4) is 0 Å². The van der Waals surface area contributed by atoms with E-state index in [1.54, 1.807) is 6.07 Å². The summed E-state index contributed by atoms with van der Waals surface area (Å²) in [7, 11) is 0. The van der Waals surface area contributed by atoms with Crippen molar-refractivity contribution in [1.82, 2.24) is 5.43 Å². The van der Waals surface area contributed by atoms with Crippen LogP contribution in [0, 0.1) is 11.7 Å². The van der Waals surface area contributed by atoms with Crippen molar-refractivity contribution in [3.05, 3.63) is 28.0 Å². The molecule has 6 heteroatoms. The Bertz CT molecular complexity index is 473. The Morgan fingerprint density at radius 3 is 2.37 bits per heavy atom. The minimum Gasteiger partial charge on any atom is -0.298 e. The molecule has 0 aliphatic rings. The van der Waals surface area contributed by atoms with Gasteiger partial charge in [-0.05, 0) is 26.0 Å². The van der Waals surface area contributed by atoms with E-state index in [-0.39, 0.29) is 22.0 Å². The first-order valence-electron chi connectivity index (χ1n) is 6.06. The number of anilines is 1. The van der Waals surface area contributed by atoms with Crippen LogP contribution in [0.2, 0.25) is 10.0 Å². The van der Waals surface area contributed by atoms with Crippen LogP contribution < -0.4 is 10.9 Å². The van der Waals surface area contributed by atoms with E-state index in [0.717, 1.165) is 5.84 Å². The number of amidine groups is 1. The Morgan fingerprint density at radius 1 is 1.21 bits per heavy atom. The van der Waals surface area contributed by atoms with Crippen LogP contribution in [0.15, 0.2) is 17.1 Å². The fraction of sp³-hybridized carbons (Fsp3) is 0.462. The predicted molar refractivity (Wildman–Crippen MR) is 80.6 cm³/mol. The molecule has 0 fully saturated rings. The number of aliphatic imine (C=N–C) groups is 1. The van der Waals surface area contributed by atoms with E-state index in [1.165, 1.54) is 6.07 Å². The Kier molecular flexibility index (Phi) is 5.88. The van der Waals surface area contributed by atoms with Crippen LogP contribution in [0.25, 0.3) is 0 Å².